The van der Waals surface area contributed by atoms with Gasteiger partial charge in [-0.05, 0) is 104 Å². The molecule has 0 radical (unpaired) electrons. The fourth-order valence-electron chi connectivity index (χ4n) is 8.39. The Labute approximate surface area is 273 Å². The molecule has 2 aliphatic heterocycles. The summed E-state index contributed by atoms with van der Waals surface area (Å²) >= 11 is 0. The predicted octanol–water partition coefficient (Wildman–Crippen LogP) is 7.67. The summed E-state index contributed by atoms with van der Waals surface area (Å²) in [6, 6.07) is 10.8. The predicted molar refractivity (Wildman–Crippen MR) is 179 cm³/mol. The number of sulfonamides is 1. The third-order valence-electron chi connectivity index (χ3n) is 12.3. The van der Waals surface area contributed by atoms with E-state index in [9.17, 15) is 22.0 Å². The van der Waals surface area contributed by atoms with Crippen LogP contribution in [-0.4, -0.2) is 51.0 Å². The number of hydrogen-bond acceptors (Lipinski definition) is 6. The summed E-state index contributed by atoms with van der Waals surface area (Å²) in [5.74, 6) is -1.28. The second-order valence-corrected chi connectivity index (χ2v) is 22.5. The van der Waals surface area contributed by atoms with Crippen LogP contribution in [0.3, 0.4) is 0 Å². The number of halogens is 2. The van der Waals surface area contributed by atoms with E-state index in [0.29, 0.717) is 30.9 Å². The van der Waals surface area contributed by atoms with Crippen LogP contribution in [0.1, 0.15) is 78.4 Å². The van der Waals surface area contributed by atoms with E-state index in [4.69, 9.17) is 4.43 Å². The minimum atomic E-state index is -3.87. The Bertz CT molecular complexity index is 1620. The van der Waals surface area contributed by atoms with Gasteiger partial charge in [0.25, 0.3) is 5.91 Å². The van der Waals surface area contributed by atoms with Crippen molar-refractivity contribution in [1.29, 1.82) is 0 Å². The number of nitrogens with zero attached hydrogens (tertiary/aromatic N) is 3. The van der Waals surface area contributed by atoms with Crippen LogP contribution in [-0.2, 0) is 19.2 Å². The highest BCUT2D eigenvalue weighted by molar-refractivity contribution is 7.90. The number of rotatable bonds is 8. The Kier molecular flexibility index (Phi) is 8.12. The van der Waals surface area contributed by atoms with E-state index in [1.54, 1.807) is 35.5 Å². The Hall–Kier alpha value is -2.63. The second kappa shape index (κ2) is 11.2. The van der Waals surface area contributed by atoms with Crippen molar-refractivity contribution in [2.75, 3.05) is 10.8 Å². The zero-order valence-corrected chi connectivity index (χ0v) is 29.8. The lowest BCUT2D eigenvalue weighted by atomic mass is 9.69. The highest BCUT2D eigenvalue weighted by atomic mass is 32.2. The number of benzene rings is 2. The molecule has 2 bridgehead atoms. The van der Waals surface area contributed by atoms with Crippen LogP contribution < -0.4 is 5.01 Å². The van der Waals surface area contributed by atoms with Crippen molar-refractivity contribution in [3.63, 3.8) is 0 Å². The molecule has 2 aromatic rings. The Morgan fingerprint density at radius 3 is 2.26 bits per heavy atom. The Morgan fingerprint density at radius 1 is 1.07 bits per heavy atom. The molecular formula is C35H47F2N3O4SSi. The van der Waals surface area contributed by atoms with Crippen molar-refractivity contribution in [2.45, 2.75) is 103 Å². The number of amides is 1. The molecule has 1 spiro atoms. The molecular weight excluding hydrogens is 625 g/mol. The number of hydrogen-bond donors (Lipinski definition) is 0. The smallest absolute Gasteiger partial charge is 0.261 e. The van der Waals surface area contributed by atoms with Crippen LogP contribution >= 0.6 is 0 Å². The van der Waals surface area contributed by atoms with Crippen LogP contribution in [0.25, 0.3) is 0 Å². The molecule has 7 nitrogen and oxygen atoms in total. The van der Waals surface area contributed by atoms with Gasteiger partial charge < -0.3 is 4.43 Å². The maximum absolute atomic E-state index is 14.7. The number of carbonyl (C=O) groups is 1. The topological polar surface area (TPSA) is 79.3 Å². The summed E-state index contributed by atoms with van der Waals surface area (Å²) in [6.45, 7) is 15.2. The van der Waals surface area contributed by atoms with Gasteiger partial charge in [0, 0.05) is 17.5 Å². The quantitative estimate of drug-likeness (QED) is 0.269. The maximum atomic E-state index is 14.7. The minimum Gasteiger partial charge on any atom is -0.410 e. The van der Waals surface area contributed by atoms with E-state index in [1.165, 1.54) is 28.6 Å². The molecule has 2 heterocycles. The fourth-order valence-corrected chi connectivity index (χ4v) is 12.3. The number of hydrazone groups is 1. The lowest BCUT2D eigenvalue weighted by Gasteiger charge is -2.40. The largest absolute Gasteiger partial charge is 0.410 e. The lowest BCUT2D eigenvalue weighted by Crippen LogP contribution is -2.53. The van der Waals surface area contributed by atoms with E-state index < -0.39 is 47.4 Å². The molecule has 2 aromatic carbocycles. The van der Waals surface area contributed by atoms with Gasteiger partial charge in [0.2, 0.25) is 10.0 Å². The first-order valence-corrected chi connectivity index (χ1v) is 21.0. The third-order valence-corrected chi connectivity index (χ3v) is 18.7. The van der Waals surface area contributed by atoms with Crippen LogP contribution in [0.15, 0.2) is 53.6 Å². The maximum Gasteiger partial charge on any atom is 0.261 e. The van der Waals surface area contributed by atoms with Gasteiger partial charge in [0.15, 0.2) is 8.32 Å². The van der Waals surface area contributed by atoms with Crippen molar-refractivity contribution >= 4 is 36.1 Å². The lowest BCUT2D eigenvalue weighted by molar-refractivity contribution is -0.131. The zero-order valence-electron chi connectivity index (χ0n) is 28.0. The average molecular weight is 672 g/mol. The monoisotopic (exact) mass is 671 g/mol. The molecule has 250 valence electrons. The number of carbonyl (C=O) groups excluding carboxylic acids is 1. The van der Waals surface area contributed by atoms with Gasteiger partial charge in [-0.3, -0.25) is 9.80 Å². The fraction of sp³-hybridized carbons (Fsp3) is 0.600. The highest BCUT2D eigenvalue weighted by Gasteiger charge is 2.72. The van der Waals surface area contributed by atoms with Gasteiger partial charge >= 0.3 is 0 Å². The van der Waals surface area contributed by atoms with Crippen molar-refractivity contribution in [2.24, 2.45) is 27.8 Å². The van der Waals surface area contributed by atoms with Crippen molar-refractivity contribution < 1.29 is 26.4 Å². The molecule has 2 saturated carbocycles. The molecule has 4 aliphatic rings. The van der Waals surface area contributed by atoms with Crippen LogP contribution in [0.2, 0.25) is 18.1 Å². The second-order valence-electron chi connectivity index (χ2n) is 15.9. The molecule has 46 heavy (non-hydrogen) atoms. The summed E-state index contributed by atoms with van der Waals surface area (Å²) in [5, 5.41) is 6.14. The Morgan fingerprint density at radius 2 is 1.67 bits per heavy atom. The van der Waals surface area contributed by atoms with Gasteiger partial charge in [-0.2, -0.15) is 5.10 Å². The van der Waals surface area contributed by atoms with E-state index >= 15 is 0 Å². The number of fused-ring (bicyclic) bond motifs is 1. The van der Waals surface area contributed by atoms with Crippen molar-refractivity contribution in [3.8, 4) is 0 Å². The molecule has 0 aromatic heterocycles. The zero-order chi connectivity index (χ0) is 33.4. The molecule has 1 amide bonds. The molecule has 3 fully saturated rings. The molecule has 6 rings (SSSR count). The van der Waals surface area contributed by atoms with Gasteiger partial charge in [-0.1, -0.05) is 46.8 Å². The molecule has 1 saturated heterocycles. The first kappa shape index (κ1) is 33.3. The summed E-state index contributed by atoms with van der Waals surface area (Å²) in [6.07, 6.45) is 4.84. The average Bonchev–Trinajstić information content (AvgIpc) is 3.62. The van der Waals surface area contributed by atoms with Gasteiger partial charge in [0.05, 0.1) is 23.6 Å². The van der Waals surface area contributed by atoms with Gasteiger partial charge in [0.1, 0.15) is 17.7 Å². The van der Waals surface area contributed by atoms with E-state index in [0.717, 1.165) is 18.4 Å². The Balaban J connectivity index is 1.33. The summed E-state index contributed by atoms with van der Waals surface area (Å²) < 4.78 is 63.8. The first-order valence-electron chi connectivity index (χ1n) is 16.5. The van der Waals surface area contributed by atoms with Crippen molar-refractivity contribution in [1.82, 2.24) is 4.31 Å². The highest BCUT2D eigenvalue weighted by Crippen LogP contribution is 2.70. The first-order chi connectivity index (χ1) is 21.4. The standard InChI is InChI=1S/C35H47F2N3O4SSi/c1-33(2,3)46(6,7)44-29(23-8-11-26(36)12-9-23)17-10-24-21-38-39(28-15-13-27(37)14-16-28)31(24)32(41)40-30-20-25-18-19-35(30,34(25,4)5)22-45(40,42)43/h8-9,11-16,21,24-25,29-31H,10,17-20,22H2,1-7H3/t24-,25-,29-,30-,31-,35-/m0/s1. The van der Waals surface area contributed by atoms with Gasteiger partial charge in [-0.15, -0.1) is 0 Å². The molecule has 6 atom stereocenters. The normalized spacial score (nSPS) is 30.2. The van der Waals surface area contributed by atoms with Gasteiger partial charge in [-0.25, -0.2) is 21.5 Å². The summed E-state index contributed by atoms with van der Waals surface area (Å²) in [4.78, 5) is 14.7. The minimum absolute atomic E-state index is 0.0122. The third kappa shape index (κ3) is 5.34. The van der Waals surface area contributed by atoms with E-state index in [-0.39, 0.29) is 34.2 Å². The molecule has 11 heteroatoms. The SMILES string of the molecule is CC1(C)[C@H]2CC[C@@]13CS(=O)(=O)N(C(=O)[C@@H]1[C@@H](CC[C@H](O[Si](C)(C)C(C)(C)C)c4ccc(F)cc4)C=NN1c1ccc(F)cc1)[C@H]3C2. The summed E-state index contributed by atoms with van der Waals surface area (Å²) in [5.41, 5.74) is 0.746. The molecule has 0 unspecified atom stereocenters. The van der Waals surface area contributed by atoms with Crippen LogP contribution in [0, 0.1) is 34.3 Å². The van der Waals surface area contributed by atoms with Crippen molar-refractivity contribution in [3.05, 3.63) is 65.7 Å². The number of anilines is 1. The molecule has 0 N–H and O–H groups in total. The van der Waals surface area contributed by atoms with E-state index in [1.807, 2.05) is 0 Å². The molecule has 2 aliphatic carbocycles. The van der Waals surface area contributed by atoms with E-state index in [2.05, 4.69) is 52.8 Å². The summed E-state index contributed by atoms with van der Waals surface area (Å²) in [7, 11) is -6.12. The van der Waals surface area contributed by atoms with Crippen LogP contribution in [0.4, 0.5) is 14.5 Å². The van der Waals surface area contributed by atoms with Crippen LogP contribution in [0.5, 0.6) is 0 Å².